The van der Waals surface area contributed by atoms with Gasteiger partial charge in [-0.3, -0.25) is 9.59 Å². The Labute approximate surface area is 194 Å². The maximum Gasteiger partial charge on any atom is 0.146 e. The zero-order valence-electron chi connectivity index (χ0n) is 18.3. The molecule has 0 bridgehead atoms. The second kappa shape index (κ2) is 11.1. The van der Waals surface area contributed by atoms with Crippen molar-refractivity contribution in [2.24, 2.45) is 0 Å². The number of aldehydes is 1. The summed E-state index contributed by atoms with van der Waals surface area (Å²) in [6, 6.07) is 33.3. The third-order valence-electron chi connectivity index (χ3n) is 5.82. The molecule has 164 valence electrons. The first kappa shape index (κ1) is 22.2. The van der Waals surface area contributed by atoms with Crippen molar-refractivity contribution in [1.29, 1.82) is 0 Å². The number of allylic oxidation sites excluding steroid dienone is 2. The van der Waals surface area contributed by atoms with Crippen LogP contribution in [0.2, 0.25) is 0 Å². The van der Waals surface area contributed by atoms with Crippen molar-refractivity contribution in [3.05, 3.63) is 143 Å². The number of Topliss-reactive ketones (excluding diaryl/α,β-unsaturated/α-hetero) is 1. The van der Waals surface area contributed by atoms with Crippen molar-refractivity contribution in [3.63, 3.8) is 0 Å². The smallest absolute Gasteiger partial charge is 0.146 e. The normalized spacial score (nSPS) is 13.3. The summed E-state index contributed by atoms with van der Waals surface area (Å²) >= 11 is 0. The Morgan fingerprint density at radius 3 is 1.94 bits per heavy atom. The maximum atomic E-state index is 13.8. The van der Waals surface area contributed by atoms with Gasteiger partial charge in [-0.15, -0.1) is 0 Å². The Morgan fingerprint density at radius 1 is 0.758 bits per heavy atom. The first-order chi connectivity index (χ1) is 16.3. The molecule has 0 fully saturated rings. The van der Waals surface area contributed by atoms with Crippen LogP contribution >= 0.6 is 0 Å². The molecule has 0 aliphatic carbocycles. The average Bonchev–Trinajstić information content (AvgIpc) is 3.41. The van der Waals surface area contributed by atoms with Crippen LogP contribution in [-0.4, -0.2) is 12.1 Å². The van der Waals surface area contributed by atoms with Crippen molar-refractivity contribution < 1.29 is 14.0 Å². The Morgan fingerprint density at radius 2 is 1.36 bits per heavy atom. The molecule has 0 saturated carbocycles. The lowest BCUT2D eigenvalue weighted by Gasteiger charge is -2.26. The molecule has 2 atom stereocenters. The van der Waals surface area contributed by atoms with Crippen molar-refractivity contribution >= 4 is 12.1 Å². The summed E-state index contributed by atoms with van der Waals surface area (Å²) in [4.78, 5) is 25.6. The second-order valence-electron chi connectivity index (χ2n) is 8.02. The Bertz CT molecular complexity index is 1180. The highest BCUT2D eigenvalue weighted by Crippen LogP contribution is 2.40. The predicted molar refractivity (Wildman–Crippen MR) is 130 cm³/mol. The zero-order valence-corrected chi connectivity index (χ0v) is 18.3. The molecular weight excluding hydrogens is 408 g/mol. The second-order valence-corrected chi connectivity index (χ2v) is 8.02. The van der Waals surface area contributed by atoms with Crippen LogP contribution < -0.4 is 0 Å². The maximum absolute atomic E-state index is 13.8. The molecule has 0 saturated heterocycles. The third kappa shape index (κ3) is 5.64. The minimum atomic E-state index is -0.486. The lowest BCUT2D eigenvalue weighted by molar-refractivity contribution is -0.121. The lowest BCUT2D eigenvalue weighted by atomic mass is 9.76. The molecule has 3 heteroatoms. The van der Waals surface area contributed by atoms with E-state index in [4.69, 9.17) is 4.42 Å². The van der Waals surface area contributed by atoms with Gasteiger partial charge in [-0.05, 0) is 40.8 Å². The van der Waals surface area contributed by atoms with Gasteiger partial charge >= 0.3 is 0 Å². The highest BCUT2D eigenvalue weighted by molar-refractivity contribution is 5.94. The van der Waals surface area contributed by atoms with E-state index in [-0.39, 0.29) is 18.1 Å². The van der Waals surface area contributed by atoms with Gasteiger partial charge in [-0.2, -0.15) is 0 Å². The summed E-state index contributed by atoms with van der Waals surface area (Å²) in [5.41, 5.74) is 3.49. The number of benzene rings is 3. The minimum absolute atomic E-state index is 0.0159. The molecule has 3 nitrogen and oxygen atoms in total. The van der Waals surface area contributed by atoms with Gasteiger partial charge < -0.3 is 4.42 Å². The van der Waals surface area contributed by atoms with Gasteiger partial charge in [-0.1, -0.05) is 97.1 Å². The standard InChI is InChI=1S/C30H26O3/c31-22-24(19-18-23-11-4-1-5-12-23)21-27(32)29(25-13-6-2-7-14-25)30(28-17-10-20-33-28)26-15-8-3-9-16-26/h1-17,19-20,22,29-30H,18,21H2/b24-19+. The topological polar surface area (TPSA) is 47.3 Å². The van der Waals surface area contributed by atoms with Gasteiger partial charge in [-0.25, -0.2) is 0 Å². The fourth-order valence-corrected chi connectivity index (χ4v) is 4.21. The Hall–Kier alpha value is -3.98. The van der Waals surface area contributed by atoms with Crippen LogP contribution in [0.1, 0.15) is 40.7 Å². The van der Waals surface area contributed by atoms with Gasteiger partial charge in [0.25, 0.3) is 0 Å². The van der Waals surface area contributed by atoms with Crippen LogP contribution in [0.5, 0.6) is 0 Å². The molecule has 0 N–H and O–H groups in total. The third-order valence-corrected chi connectivity index (χ3v) is 5.82. The van der Waals surface area contributed by atoms with E-state index in [0.717, 1.165) is 28.7 Å². The first-order valence-corrected chi connectivity index (χ1v) is 11.1. The van der Waals surface area contributed by atoms with Crippen LogP contribution in [0.4, 0.5) is 0 Å². The molecular formula is C30H26O3. The van der Waals surface area contributed by atoms with E-state index in [1.807, 2.05) is 109 Å². The van der Waals surface area contributed by atoms with Crippen molar-refractivity contribution in [2.75, 3.05) is 0 Å². The molecule has 0 amide bonds. The van der Waals surface area contributed by atoms with E-state index in [1.165, 1.54) is 0 Å². The number of rotatable bonds is 10. The van der Waals surface area contributed by atoms with Crippen LogP contribution in [0.25, 0.3) is 0 Å². The summed E-state index contributed by atoms with van der Waals surface area (Å²) in [5.74, 6) is -0.0693. The Balaban J connectivity index is 1.69. The molecule has 4 rings (SSSR count). The van der Waals surface area contributed by atoms with E-state index in [2.05, 4.69) is 0 Å². The molecule has 4 aromatic rings. The number of hydrogen-bond donors (Lipinski definition) is 0. The van der Waals surface area contributed by atoms with E-state index in [9.17, 15) is 9.59 Å². The molecule has 33 heavy (non-hydrogen) atoms. The predicted octanol–water partition coefficient (Wildman–Crippen LogP) is 6.52. The van der Waals surface area contributed by atoms with Gasteiger partial charge in [0.2, 0.25) is 0 Å². The van der Waals surface area contributed by atoms with E-state index in [0.29, 0.717) is 12.0 Å². The summed E-state index contributed by atoms with van der Waals surface area (Å²) in [6.07, 6.45) is 4.97. The minimum Gasteiger partial charge on any atom is -0.469 e. The summed E-state index contributed by atoms with van der Waals surface area (Å²) in [5, 5.41) is 0. The summed E-state index contributed by atoms with van der Waals surface area (Å²) < 4.78 is 5.80. The highest BCUT2D eigenvalue weighted by atomic mass is 16.3. The average molecular weight is 435 g/mol. The fraction of sp³-hybridized carbons (Fsp3) is 0.133. The first-order valence-electron chi connectivity index (χ1n) is 11.1. The van der Waals surface area contributed by atoms with Crippen LogP contribution in [-0.2, 0) is 16.0 Å². The number of hydrogen-bond acceptors (Lipinski definition) is 3. The van der Waals surface area contributed by atoms with Crippen LogP contribution in [0.15, 0.2) is 125 Å². The van der Waals surface area contributed by atoms with Crippen LogP contribution in [0.3, 0.4) is 0 Å². The molecule has 3 aromatic carbocycles. The van der Waals surface area contributed by atoms with Gasteiger partial charge in [0.1, 0.15) is 17.8 Å². The molecule has 0 radical (unpaired) electrons. The van der Waals surface area contributed by atoms with E-state index in [1.54, 1.807) is 6.26 Å². The number of carbonyl (C=O) groups excluding carboxylic acids is 2. The largest absolute Gasteiger partial charge is 0.469 e. The monoisotopic (exact) mass is 434 g/mol. The molecule has 1 heterocycles. The van der Waals surface area contributed by atoms with Crippen molar-refractivity contribution in [2.45, 2.75) is 24.7 Å². The van der Waals surface area contributed by atoms with E-state index >= 15 is 0 Å². The molecule has 0 aliphatic heterocycles. The van der Waals surface area contributed by atoms with E-state index < -0.39 is 5.92 Å². The lowest BCUT2D eigenvalue weighted by Crippen LogP contribution is -2.22. The molecule has 0 spiro atoms. The van der Waals surface area contributed by atoms with Gasteiger partial charge in [0, 0.05) is 6.42 Å². The van der Waals surface area contributed by atoms with Gasteiger partial charge in [0.05, 0.1) is 18.1 Å². The molecule has 0 aliphatic rings. The summed E-state index contributed by atoms with van der Waals surface area (Å²) in [6.45, 7) is 0. The number of furan rings is 1. The molecule has 1 aromatic heterocycles. The van der Waals surface area contributed by atoms with Crippen LogP contribution in [0, 0.1) is 0 Å². The number of ketones is 1. The van der Waals surface area contributed by atoms with Crippen molar-refractivity contribution in [3.8, 4) is 0 Å². The SMILES string of the molecule is O=C/C(=C/Cc1ccccc1)CC(=O)C(c1ccccc1)C(c1ccccc1)c1ccco1. The van der Waals surface area contributed by atoms with Gasteiger partial charge in [0.15, 0.2) is 0 Å². The fourth-order valence-electron chi connectivity index (χ4n) is 4.21. The summed E-state index contributed by atoms with van der Waals surface area (Å²) in [7, 11) is 0. The highest BCUT2D eigenvalue weighted by Gasteiger charge is 2.34. The zero-order chi connectivity index (χ0) is 22.9. The number of carbonyl (C=O) groups is 2. The Kier molecular flexibility index (Phi) is 7.44. The quantitative estimate of drug-likeness (QED) is 0.211. The molecule has 2 unspecified atom stereocenters. The van der Waals surface area contributed by atoms with Crippen molar-refractivity contribution in [1.82, 2.24) is 0 Å².